The number of aromatic nitrogens is 2. The summed E-state index contributed by atoms with van der Waals surface area (Å²) in [7, 11) is 1.97. The lowest BCUT2D eigenvalue weighted by molar-refractivity contribution is 0.761. The zero-order valence-corrected chi connectivity index (χ0v) is 11.7. The lowest BCUT2D eigenvalue weighted by atomic mass is 10.1. The molecule has 17 heavy (non-hydrogen) atoms. The largest absolute Gasteiger partial charge is 0.341 e. The Bertz CT molecular complexity index is 335. The highest BCUT2D eigenvalue weighted by molar-refractivity contribution is 5.36. The summed E-state index contributed by atoms with van der Waals surface area (Å²) >= 11 is 0. The van der Waals surface area contributed by atoms with E-state index in [1.54, 1.807) is 0 Å². The highest BCUT2D eigenvalue weighted by Gasteiger charge is 2.11. The molecule has 0 unspecified atom stereocenters. The van der Waals surface area contributed by atoms with Crippen molar-refractivity contribution >= 4 is 5.95 Å². The molecule has 4 heteroatoms. The normalized spacial score (nSPS) is 10.6. The third-order valence-electron chi connectivity index (χ3n) is 3.08. The first-order valence-electron chi connectivity index (χ1n) is 6.37. The summed E-state index contributed by atoms with van der Waals surface area (Å²) in [6.07, 6.45) is 0.993. The number of aryl methyl sites for hydroxylation is 2. The van der Waals surface area contributed by atoms with E-state index < -0.39 is 0 Å². The molecule has 0 saturated heterocycles. The number of nitrogens with one attached hydrogen (secondary N) is 1. The zero-order valence-electron chi connectivity index (χ0n) is 11.7. The molecule has 1 rings (SSSR count). The molecule has 0 spiro atoms. The van der Waals surface area contributed by atoms with Gasteiger partial charge in [0.1, 0.15) is 0 Å². The summed E-state index contributed by atoms with van der Waals surface area (Å²) in [6.45, 7) is 11.3. The molecule has 0 amide bonds. The Balaban J connectivity index is 2.99. The molecule has 1 N–H and O–H groups in total. The highest BCUT2D eigenvalue weighted by Crippen LogP contribution is 2.15. The molecular formula is C13H24N4. The molecule has 0 saturated carbocycles. The van der Waals surface area contributed by atoms with Gasteiger partial charge in [-0.05, 0) is 53.3 Å². The molecular weight excluding hydrogens is 212 g/mol. The summed E-state index contributed by atoms with van der Waals surface area (Å²) in [5, 5.41) is 3.16. The molecule has 0 radical (unpaired) electrons. The summed E-state index contributed by atoms with van der Waals surface area (Å²) in [5.74, 6) is 0.859. The van der Waals surface area contributed by atoms with Crippen LogP contribution >= 0.6 is 0 Å². The second-order valence-corrected chi connectivity index (χ2v) is 4.20. The minimum absolute atomic E-state index is 0.859. The second kappa shape index (κ2) is 6.55. The van der Waals surface area contributed by atoms with Gasteiger partial charge in [0.15, 0.2) is 0 Å². The number of likely N-dealkylation sites (N-methyl/N-ethyl adjacent to an activating group) is 1. The Morgan fingerprint density at radius 2 is 1.59 bits per heavy atom. The van der Waals surface area contributed by atoms with Gasteiger partial charge >= 0.3 is 0 Å². The quantitative estimate of drug-likeness (QED) is 0.816. The van der Waals surface area contributed by atoms with Gasteiger partial charge in [0.2, 0.25) is 5.95 Å². The van der Waals surface area contributed by atoms with Crippen molar-refractivity contribution in [3.05, 3.63) is 17.0 Å². The molecule has 0 aliphatic carbocycles. The van der Waals surface area contributed by atoms with Crippen LogP contribution in [0, 0.1) is 13.8 Å². The van der Waals surface area contributed by atoms with Crippen LogP contribution in [0.15, 0.2) is 0 Å². The van der Waals surface area contributed by atoms with E-state index >= 15 is 0 Å². The Morgan fingerprint density at radius 3 is 2.00 bits per heavy atom. The van der Waals surface area contributed by atoms with Crippen LogP contribution in [0.25, 0.3) is 0 Å². The van der Waals surface area contributed by atoms with Gasteiger partial charge in [0, 0.05) is 24.5 Å². The predicted octanol–water partition coefficient (Wildman–Crippen LogP) is 1.70. The van der Waals surface area contributed by atoms with Crippen LogP contribution in [-0.2, 0) is 6.42 Å². The van der Waals surface area contributed by atoms with Gasteiger partial charge in [0.25, 0.3) is 0 Å². The maximum atomic E-state index is 4.62. The smallest absolute Gasteiger partial charge is 0.225 e. The van der Waals surface area contributed by atoms with Gasteiger partial charge in [-0.25, -0.2) is 9.97 Å². The van der Waals surface area contributed by atoms with Crippen LogP contribution in [-0.4, -0.2) is 36.6 Å². The molecule has 0 aromatic carbocycles. The van der Waals surface area contributed by atoms with Crippen molar-refractivity contribution in [2.75, 3.05) is 31.6 Å². The summed E-state index contributed by atoms with van der Waals surface area (Å²) in [4.78, 5) is 11.4. The fraction of sp³-hybridized carbons (Fsp3) is 0.692. The number of nitrogens with zero attached hydrogens (tertiary/aromatic N) is 3. The summed E-state index contributed by atoms with van der Waals surface area (Å²) in [6, 6.07) is 0. The predicted molar refractivity (Wildman–Crippen MR) is 72.7 cm³/mol. The fourth-order valence-electron chi connectivity index (χ4n) is 1.98. The van der Waals surface area contributed by atoms with Crippen LogP contribution in [0.4, 0.5) is 5.95 Å². The van der Waals surface area contributed by atoms with E-state index in [2.05, 4.69) is 47.9 Å². The van der Waals surface area contributed by atoms with Crippen molar-refractivity contribution in [1.29, 1.82) is 0 Å². The van der Waals surface area contributed by atoms with Crippen LogP contribution in [0.3, 0.4) is 0 Å². The van der Waals surface area contributed by atoms with E-state index in [0.717, 1.165) is 43.4 Å². The van der Waals surface area contributed by atoms with E-state index in [4.69, 9.17) is 0 Å². The van der Waals surface area contributed by atoms with Crippen LogP contribution in [0.2, 0.25) is 0 Å². The van der Waals surface area contributed by atoms with E-state index in [1.165, 1.54) is 5.56 Å². The first-order valence-corrected chi connectivity index (χ1v) is 6.37. The van der Waals surface area contributed by atoms with Crippen molar-refractivity contribution < 1.29 is 0 Å². The minimum Gasteiger partial charge on any atom is -0.341 e. The molecule has 96 valence electrons. The van der Waals surface area contributed by atoms with Crippen LogP contribution in [0.1, 0.15) is 30.8 Å². The van der Waals surface area contributed by atoms with E-state index in [9.17, 15) is 0 Å². The van der Waals surface area contributed by atoms with Crippen LogP contribution in [0.5, 0.6) is 0 Å². The number of hydrogen-bond donors (Lipinski definition) is 1. The fourth-order valence-corrected chi connectivity index (χ4v) is 1.98. The molecule has 1 heterocycles. The SMILES string of the molecule is CCN(CC)c1nc(C)c(CCNC)c(C)n1. The standard InChI is InChI=1S/C13H24N4/c1-6-17(7-2)13-15-10(3)12(8-9-14-5)11(4)16-13/h14H,6-9H2,1-5H3. The number of anilines is 1. The van der Waals surface area contributed by atoms with Crippen molar-refractivity contribution in [3.8, 4) is 0 Å². The lowest BCUT2D eigenvalue weighted by Crippen LogP contribution is -2.25. The lowest BCUT2D eigenvalue weighted by Gasteiger charge is -2.20. The Hall–Kier alpha value is -1.16. The Kier molecular flexibility index (Phi) is 5.35. The zero-order chi connectivity index (χ0) is 12.8. The van der Waals surface area contributed by atoms with Crippen LogP contribution < -0.4 is 10.2 Å². The molecule has 0 atom stereocenters. The monoisotopic (exact) mass is 236 g/mol. The molecule has 4 nitrogen and oxygen atoms in total. The first-order chi connectivity index (χ1) is 8.13. The van der Waals surface area contributed by atoms with E-state index in [0.29, 0.717) is 0 Å². The van der Waals surface area contributed by atoms with E-state index in [1.807, 2.05) is 7.05 Å². The first kappa shape index (κ1) is 13.9. The summed E-state index contributed by atoms with van der Waals surface area (Å²) < 4.78 is 0. The minimum atomic E-state index is 0.859. The number of hydrogen-bond acceptors (Lipinski definition) is 4. The third-order valence-corrected chi connectivity index (χ3v) is 3.08. The molecule has 0 bridgehead atoms. The van der Waals surface area contributed by atoms with Gasteiger partial charge in [-0.3, -0.25) is 0 Å². The Morgan fingerprint density at radius 1 is 1.06 bits per heavy atom. The van der Waals surface area contributed by atoms with Crippen molar-refractivity contribution in [2.24, 2.45) is 0 Å². The third kappa shape index (κ3) is 3.40. The van der Waals surface area contributed by atoms with Crippen molar-refractivity contribution in [1.82, 2.24) is 15.3 Å². The number of rotatable bonds is 6. The average Bonchev–Trinajstić information content (AvgIpc) is 2.30. The second-order valence-electron chi connectivity index (χ2n) is 4.20. The Labute approximate surface area is 104 Å². The highest BCUT2D eigenvalue weighted by atomic mass is 15.2. The van der Waals surface area contributed by atoms with Gasteiger partial charge < -0.3 is 10.2 Å². The molecule has 0 fully saturated rings. The molecule has 1 aromatic heterocycles. The topological polar surface area (TPSA) is 41.1 Å². The molecule has 1 aromatic rings. The average molecular weight is 236 g/mol. The van der Waals surface area contributed by atoms with E-state index in [-0.39, 0.29) is 0 Å². The van der Waals surface area contributed by atoms with Gasteiger partial charge in [-0.15, -0.1) is 0 Å². The van der Waals surface area contributed by atoms with Gasteiger partial charge in [0.05, 0.1) is 0 Å². The maximum Gasteiger partial charge on any atom is 0.225 e. The van der Waals surface area contributed by atoms with Gasteiger partial charge in [-0.1, -0.05) is 0 Å². The maximum absolute atomic E-state index is 4.62. The van der Waals surface area contributed by atoms with Gasteiger partial charge in [-0.2, -0.15) is 0 Å². The van der Waals surface area contributed by atoms with Crippen molar-refractivity contribution in [3.63, 3.8) is 0 Å². The summed E-state index contributed by atoms with van der Waals surface area (Å²) in [5.41, 5.74) is 3.49. The molecule has 0 aliphatic heterocycles. The molecule has 0 aliphatic rings. The van der Waals surface area contributed by atoms with Crippen molar-refractivity contribution in [2.45, 2.75) is 34.1 Å².